The molecule has 1 saturated carbocycles. The van der Waals surface area contributed by atoms with Gasteiger partial charge in [0.2, 0.25) is 0 Å². The zero-order chi connectivity index (χ0) is 10.6. The summed E-state index contributed by atoms with van der Waals surface area (Å²) in [6.07, 6.45) is 2.66. The van der Waals surface area contributed by atoms with Gasteiger partial charge in [0.05, 0.1) is 0 Å². The number of rotatable bonds is 4. The molecule has 0 amide bonds. The first kappa shape index (κ1) is 18.8. The van der Waals surface area contributed by atoms with Crippen LogP contribution in [-0.2, 0) is 9.47 Å². The van der Waals surface area contributed by atoms with E-state index in [4.69, 9.17) is 9.47 Å². The van der Waals surface area contributed by atoms with Crippen molar-refractivity contribution in [3.8, 4) is 0 Å². The topological polar surface area (TPSA) is 73.7 Å². The van der Waals surface area contributed by atoms with Crippen molar-refractivity contribution in [3.63, 3.8) is 0 Å². The number of hydrogen-bond donors (Lipinski definition) is 2. The molecule has 4 nitrogen and oxygen atoms in total. The highest BCUT2D eigenvalue weighted by Gasteiger charge is 2.41. The Morgan fingerprint density at radius 1 is 0.875 bits per heavy atom. The van der Waals surface area contributed by atoms with Gasteiger partial charge in [-0.15, -0.1) is 0 Å². The Morgan fingerprint density at radius 2 is 1.19 bits per heavy atom. The van der Waals surface area contributed by atoms with Gasteiger partial charge in [0.25, 0.3) is 0 Å². The summed E-state index contributed by atoms with van der Waals surface area (Å²) in [7, 11) is 0. The van der Waals surface area contributed by atoms with Gasteiger partial charge in [0.1, 0.15) is 12.2 Å². The van der Waals surface area contributed by atoms with Crippen LogP contribution in [0.3, 0.4) is 0 Å². The summed E-state index contributed by atoms with van der Waals surface area (Å²) in [5.41, 5.74) is 8.29. The average Bonchev–Trinajstić information content (AvgIpc) is 2.18. The second-order valence-corrected chi connectivity index (χ2v) is 3.89. The molecule has 1 aliphatic rings. The van der Waals surface area contributed by atoms with Gasteiger partial charge in [0, 0.05) is 13.2 Å². The summed E-state index contributed by atoms with van der Waals surface area (Å²) >= 11 is 0. The van der Waals surface area contributed by atoms with Gasteiger partial charge in [-0.3, -0.25) is 0 Å². The van der Waals surface area contributed by atoms with Gasteiger partial charge in [-0.2, -0.15) is 0 Å². The second-order valence-electron chi connectivity index (χ2n) is 3.89. The molecule has 0 aromatic carbocycles. The van der Waals surface area contributed by atoms with E-state index in [0.29, 0.717) is 0 Å². The van der Waals surface area contributed by atoms with Gasteiger partial charge in [-0.25, -0.2) is 0 Å². The lowest BCUT2D eigenvalue weighted by atomic mass is 9.86. The van der Waals surface area contributed by atoms with Crippen LogP contribution in [0.2, 0.25) is 0 Å². The maximum absolute atomic E-state index is 5.63. The first-order valence-electron chi connectivity index (χ1n) is 5.60. The quantitative estimate of drug-likeness (QED) is 0.535. The molecule has 16 heavy (non-hydrogen) atoms. The van der Waals surface area contributed by atoms with Crippen LogP contribution in [0.5, 0.6) is 0 Å². The number of hydrogen-bond acceptors (Lipinski definition) is 2. The van der Waals surface area contributed by atoms with Crippen LogP contribution in [0.15, 0.2) is 0 Å². The fourth-order valence-electron chi connectivity index (χ4n) is 2.15. The maximum atomic E-state index is 5.63. The second kappa shape index (κ2) is 9.45. The molecular weight excluding hydrogens is 251 g/mol. The average molecular weight is 275 g/mol. The Labute approximate surface area is 110 Å². The molecule has 0 aromatic rings. The monoisotopic (exact) mass is 274 g/mol. The van der Waals surface area contributed by atoms with E-state index >= 15 is 0 Å². The lowest BCUT2D eigenvalue weighted by molar-refractivity contribution is -0.556. The predicted molar refractivity (Wildman–Crippen MR) is 53.4 cm³/mol. The third-order valence-corrected chi connectivity index (χ3v) is 3.00. The fourth-order valence-corrected chi connectivity index (χ4v) is 2.15. The SMILES string of the molecule is CCO[C@H]1CC[C@@H](OCC)[C@@H]([NH3+])[C@@H]1[NH3+].[Cl-].[Cl-]. The minimum Gasteiger partial charge on any atom is -1.00 e. The number of halogens is 2. The van der Waals surface area contributed by atoms with Crippen LogP contribution in [0.4, 0.5) is 0 Å². The third kappa shape index (κ3) is 4.73. The Morgan fingerprint density at radius 3 is 1.44 bits per heavy atom. The van der Waals surface area contributed by atoms with E-state index in [-0.39, 0.29) is 49.1 Å². The van der Waals surface area contributed by atoms with Crippen molar-refractivity contribution in [3.05, 3.63) is 0 Å². The molecule has 0 radical (unpaired) electrons. The van der Waals surface area contributed by atoms with E-state index < -0.39 is 0 Å². The first-order chi connectivity index (χ1) is 6.70. The molecule has 100 valence electrons. The summed E-state index contributed by atoms with van der Waals surface area (Å²) in [5, 5.41) is 0. The van der Waals surface area contributed by atoms with Crippen LogP contribution in [0.1, 0.15) is 26.7 Å². The molecule has 1 aliphatic carbocycles. The molecule has 1 rings (SSSR count). The molecule has 0 aromatic heterocycles. The van der Waals surface area contributed by atoms with E-state index in [1.165, 1.54) is 0 Å². The molecule has 0 heterocycles. The van der Waals surface area contributed by atoms with Crippen LogP contribution in [0.25, 0.3) is 0 Å². The van der Waals surface area contributed by atoms with Crippen molar-refractivity contribution >= 4 is 0 Å². The number of ether oxygens (including phenoxy) is 2. The van der Waals surface area contributed by atoms with E-state index in [1.807, 2.05) is 13.8 Å². The van der Waals surface area contributed by atoms with Crippen molar-refractivity contribution in [2.45, 2.75) is 51.0 Å². The van der Waals surface area contributed by atoms with Crippen LogP contribution in [-0.4, -0.2) is 37.5 Å². The summed E-state index contributed by atoms with van der Waals surface area (Å²) in [4.78, 5) is 0. The Kier molecular flexibility index (Phi) is 11.1. The zero-order valence-corrected chi connectivity index (χ0v) is 11.6. The van der Waals surface area contributed by atoms with Gasteiger partial charge in [-0.05, 0) is 26.7 Å². The lowest BCUT2D eigenvalue weighted by Crippen LogP contribution is -3.00. The standard InChI is InChI=1S/C10H22N2O2.2ClH/c1-3-13-7-5-6-8(14-4-2)10(12)9(7)11;;/h7-10H,3-6,11-12H2,1-2H3;2*1H/t7-,8+,9-,10-;;/m1../s1. The van der Waals surface area contributed by atoms with E-state index in [1.54, 1.807) is 0 Å². The fraction of sp³-hybridized carbons (Fsp3) is 1.00. The Balaban J connectivity index is 0. The molecular formula is C10H24Cl2N2O2. The molecule has 0 bridgehead atoms. The molecule has 0 saturated heterocycles. The Hall–Kier alpha value is 0.420. The van der Waals surface area contributed by atoms with Crippen molar-refractivity contribution in [2.75, 3.05) is 13.2 Å². The molecule has 0 spiro atoms. The lowest BCUT2D eigenvalue weighted by Gasteiger charge is -2.33. The largest absolute Gasteiger partial charge is 1.00 e. The highest BCUT2D eigenvalue weighted by Crippen LogP contribution is 2.20. The van der Waals surface area contributed by atoms with Crippen LogP contribution >= 0.6 is 0 Å². The minimum atomic E-state index is 0. The molecule has 6 N–H and O–H groups in total. The van der Waals surface area contributed by atoms with Gasteiger partial charge in [-0.1, -0.05) is 0 Å². The highest BCUT2D eigenvalue weighted by atomic mass is 35.5. The smallest absolute Gasteiger partial charge is 0.166 e. The minimum absolute atomic E-state index is 0. The van der Waals surface area contributed by atoms with Crippen molar-refractivity contribution in [1.82, 2.24) is 0 Å². The molecule has 1 fully saturated rings. The van der Waals surface area contributed by atoms with E-state index in [9.17, 15) is 0 Å². The Bertz CT molecular complexity index is 157. The summed E-state index contributed by atoms with van der Waals surface area (Å²) < 4.78 is 11.3. The zero-order valence-electron chi connectivity index (χ0n) is 10.1. The van der Waals surface area contributed by atoms with Crippen molar-refractivity contribution in [2.24, 2.45) is 0 Å². The summed E-state index contributed by atoms with van der Waals surface area (Å²) in [5.74, 6) is 0. The molecule has 0 unspecified atom stereocenters. The molecule has 0 aliphatic heterocycles. The van der Waals surface area contributed by atoms with Gasteiger partial charge in [0.15, 0.2) is 12.1 Å². The predicted octanol–water partition coefficient (Wildman–Crippen LogP) is -7.18. The molecule has 6 heteroatoms. The molecule has 4 atom stereocenters. The van der Waals surface area contributed by atoms with Crippen LogP contribution in [0, 0.1) is 0 Å². The normalized spacial score (nSPS) is 33.8. The maximum Gasteiger partial charge on any atom is 0.166 e. The first-order valence-corrected chi connectivity index (χ1v) is 5.60. The van der Waals surface area contributed by atoms with Gasteiger partial charge < -0.3 is 45.8 Å². The highest BCUT2D eigenvalue weighted by molar-refractivity contribution is 4.87. The summed E-state index contributed by atoms with van der Waals surface area (Å²) in [6.45, 7) is 5.59. The van der Waals surface area contributed by atoms with Crippen molar-refractivity contribution < 1.29 is 45.8 Å². The van der Waals surface area contributed by atoms with Gasteiger partial charge >= 0.3 is 0 Å². The van der Waals surface area contributed by atoms with Crippen LogP contribution < -0.4 is 36.3 Å². The number of quaternary nitrogens is 2. The van der Waals surface area contributed by atoms with Crippen molar-refractivity contribution in [1.29, 1.82) is 0 Å². The third-order valence-electron chi connectivity index (χ3n) is 3.00. The van der Waals surface area contributed by atoms with E-state index in [0.717, 1.165) is 26.1 Å². The summed E-state index contributed by atoms with van der Waals surface area (Å²) in [6, 6.07) is 0.528. The van der Waals surface area contributed by atoms with E-state index in [2.05, 4.69) is 11.5 Å².